The summed E-state index contributed by atoms with van der Waals surface area (Å²) in [5.41, 5.74) is 6.58. The highest BCUT2D eigenvalue weighted by atomic mass is 19.4. The fourth-order valence-electron chi connectivity index (χ4n) is 4.56. The minimum absolute atomic E-state index is 0.0271. The number of ether oxygens (including phenoxy) is 2. The average molecular weight is 544 g/mol. The Hall–Kier alpha value is -3.67. The number of hydrogen-bond acceptors (Lipinski definition) is 6. The Kier molecular flexibility index (Phi) is 9.85. The quantitative estimate of drug-likeness (QED) is 0.245. The van der Waals surface area contributed by atoms with E-state index in [0.717, 1.165) is 13.2 Å². The van der Waals surface area contributed by atoms with E-state index in [1.165, 1.54) is 15.9 Å². The zero-order valence-corrected chi connectivity index (χ0v) is 21.9. The number of nitrogens with zero attached hydrogens (tertiary/aromatic N) is 5. The lowest BCUT2D eigenvalue weighted by atomic mass is 9.87. The van der Waals surface area contributed by atoms with E-state index < -0.39 is 60.0 Å². The molecule has 0 bridgehead atoms. The SMILES string of the molecule is CC[C@@H]1C[C@H](N(Cc2cc(N=[N+]=[N-])cc(C(F)(F)F)c2)C(=O)OC)C[C@H](CC(=O)O)N1C(=O)OC(C)(C)C. The van der Waals surface area contributed by atoms with Crippen LogP contribution >= 0.6 is 0 Å². The molecule has 11 nitrogen and oxygen atoms in total. The number of halogens is 3. The van der Waals surface area contributed by atoms with Crippen molar-refractivity contribution >= 4 is 23.8 Å². The van der Waals surface area contributed by atoms with Gasteiger partial charge in [-0.2, -0.15) is 13.2 Å². The molecule has 1 aliphatic heterocycles. The number of hydrogen-bond donors (Lipinski definition) is 1. The van der Waals surface area contributed by atoms with E-state index in [2.05, 4.69) is 10.0 Å². The molecule has 1 saturated heterocycles. The van der Waals surface area contributed by atoms with Crippen LogP contribution in [0.3, 0.4) is 0 Å². The van der Waals surface area contributed by atoms with Crippen LogP contribution in [0.5, 0.6) is 0 Å². The van der Waals surface area contributed by atoms with Crippen LogP contribution in [0.15, 0.2) is 23.3 Å². The average Bonchev–Trinajstić information content (AvgIpc) is 2.79. The van der Waals surface area contributed by atoms with Crippen molar-refractivity contribution in [3.05, 3.63) is 39.8 Å². The van der Waals surface area contributed by atoms with Crippen LogP contribution in [-0.4, -0.2) is 63.9 Å². The van der Waals surface area contributed by atoms with Crippen LogP contribution < -0.4 is 0 Å². The molecule has 2 amide bonds. The van der Waals surface area contributed by atoms with Gasteiger partial charge in [0.25, 0.3) is 0 Å². The number of carboxylic acid groups (broad SMARTS) is 1. The summed E-state index contributed by atoms with van der Waals surface area (Å²) in [5, 5.41) is 12.8. The van der Waals surface area contributed by atoms with Crippen LogP contribution in [0.4, 0.5) is 28.4 Å². The Balaban J connectivity index is 2.49. The molecule has 0 saturated carbocycles. The van der Waals surface area contributed by atoms with Crippen LogP contribution in [0.25, 0.3) is 10.4 Å². The molecule has 0 spiro atoms. The van der Waals surface area contributed by atoms with Gasteiger partial charge in [-0.25, -0.2) is 9.59 Å². The number of methoxy groups -OCH3 is 1. The van der Waals surface area contributed by atoms with E-state index in [0.29, 0.717) is 12.5 Å². The first kappa shape index (κ1) is 30.6. The lowest BCUT2D eigenvalue weighted by molar-refractivity contribution is -0.139. The van der Waals surface area contributed by atoms with E-state index >= 15 is 0 Å². The van der Waals surface area contributed by atoms with Crippen molar-refractivity contribution in [3.8, 4) is 0 Å². The predicted octanol–water partition coefficient (Wildman–Crippen LogP) is 6.24. The van der Waals surface area contributed by atoms with Crippen molar-refractivity contribution < 1.29 is 42.1 Å². The highest BCUT2D eigenvalue weighted by Gasteiger charge is 2.43. The Morgan fingerprint density at radius 1 is 1.18 bits per heavy atom. The molecule has 1 aromatic rings. The standard InChI is InChI=1S/C24H32F3N5O6/c1-6-17-10-18(11-19(12-20(33)34)32(17)22(36)38-23(2,3)4)31(21(35)37-5)13-14-7-15(24(25,26)27)9-16(8-14)29-30-28/h7-9,17-19H,6,10-13H2,1-5H3,(H,33,34)/t17-,18+,19-/m1/s1. The topological polar surface area (TPSA) is 145 Å². The van der Waals surface area contributed by atoms with Crippen molar-refractivity contribution in [1.29, 1.82) is 0 Å². The number of rotatable bonds is 7. The maximum absolute atomic E-state index is 13.5. The Morgan fingerprint density at radius 3 is 2.32 bits per heavy atom. The summed E-state index contributed by atoms with van der Waals surface area (Å²) >= 11 is 0. The first-order valence-corrected chi connectivity index (χ1v) is 11.9. The smallest absolute Gasteiger partial charge is 0.416 e. The second-order valence-corrected chi connectivity index (χ2v) is 10.00. The summed E-state index contributed by atoms with van der Waals surface area (Å²) in [6, 6.07) is 0.730. The van der Waals surface area contributed by atoms with Gasteiger partial charge in [-0.15, -0.1) is 0 Å². The third-order valence-electron chi connectivity index (χ3n) is 6.03. The maximum atomic E-state index is 13.5. The normalized spacial score (nSPS) is 19.8. The Labute approximate surface area is 218 Å². The van der Waals surface area contributed by atoms with Crippen molar-refractivity contribution in [1.82, 2.24) is 9.80 Å². The molecule has 1 aliphatic rings. The summed E-state index contributed by atoms with van der Waals surface area (Å²) < 4.78 is 50.8. The number of carbonyl (C=O) groups is 3. The van der Waals surface area contributed by atoms with Gasteiger partial charge in [0.1, 0.15) is 5.60 Å². The number of carbonyl (C=O) groups excluding carboxylic acids is 2. The zero-order chi connectivity index (χ0) is 28.8. The van der Waals surface area contributed by atoms with Crippen LogP contribution in [0, 0.1) is 0 Å². The number of alkyl halides is 3. The van der Waals surface area contributed by atoms with E-state index in [4.69, 9.17) is 15.0 Å². The summed E-state index contributed by atoms with van der Waals surface area (Å²) in [6.45, 7) is 6.51. The molecule has 0 aromatic heterocycles. The predicted molar refractivity (Wildman–Crippen MR) is 129 cm³/mol. The molecule has 38 heavy (non-hydrogen) atoms. The minimum Gasteiger partial charge on any atom is -0.481 e. The number of azide groups is 1. The van der Waals surface area contributed by atoms with E-state index in [9.17, 15) is 32.7 Å². The summed E-state index contributed by atoms with van der Waals surface area (Å²) in [7, 11) is 1.12. The molecule has 14 heteroatoms. The zero-order valence-electron chi connectivity index (χ0n) is 21.9. The fourth-order valence-corrected chi connectivity index (χ4v) is 4.56. The van der Waals surface area contributed by atoms with Gasteiger partial charge in [-0.3, -0.25) is 4.79 Å². The molecule has 1 N–H and O–H groups in total. The first-order valence-electron chi connectivity index (χ1n) is 11.9. The van der Waals surface area contributed by atoms with Crippen molar-refractivity contribution in [3.63, 3.8) is 0 Å². The first-order chi connectivity index (χ1) is 17.6. The van der Waals surface area contributed by atoms with Gasteiger partial charge in [0.05, 0.1) is 19.1 Å². The van der Waals surface area contributed by atoms with Crippen molar-refractivity contribution in [2.24, 2.45) is 5.11 Å². The number of benzene rings is 1. The lowest BCUT2D eigenvalue weighted by Crippen LogP contribution is -2.58. The molecule has 210 valence electrons. The maximum Gasteiger partial charge on any atom is 0.416 e. The number of carboxylic acids is 1. The molecule has 1 heterocycles. The van der Waals surface area contributed by atoms with E-state index in [1.54, 1.807) is 27.7 Å². The largest absolute Gasteiger partial charge is 0.481 e. The second kappa shape index (κ2) is 12.2. The Morgan fingerprint density at radius 2 is 1.82 bits per heavy atom. The van der Waals surface area contributed by atoms with Crippen LogP contribution in [0.1, 0.15) is 64.5 Å². The molecule has 0 aliphatic carbocycles. The molecule has 0 unspecified atom stereocenters. The molecular weight excluding hydrogens is 511 g/mol. The lowest BCUT2D eigenvalue weighted by Gasteiger charge is -2.47. The van der Waals surface area contributed by atoms with Crippen molar-refractivity contribution in [2.45, 2.75) is 89.8 Å². The van der Waals surface area contributed by atoms with Gasteiger partial charge >= 0.3 is 24.3 Å². The molecular formula is C24H32F3N5O6. The molecule has 1 fully saturated rings. The third-order valence-corrected chi connectivity index (χ3v) is 6.03. The summed E-state index contributed by atoms with van der Waals surface area (Å²) in [5.74, 6) is -1.17. The molecule has 2 rings (SSSR count). The van der Waals surface area contributed by atoms with Crippen LogP contribution in [0.2, 0.25) is 0 Å². The number of aliphatic carboxylic acids is 1. The van der Waals surface area contributed by atoms with Gasteiger partial charge in [0.15, 0.2) is 0 Å². The Bertz CT molecular complexity index is 1080. The molecule has 3 atom stereocenters. The molecule has 0 radical (unpaired) electrons. The third kappa shape index (κ3) is 8.17. The highest BCUT2D eigenvalue weighted by Crippen LogP contribution is 2.36. The number of likely N-dealkylation sites (tertiary alicyclic amines) is 1. The minimum atomic E-state index is -4.73. The molecule has 1 aromatic carbocycles. The number of amides is 2. The van der Waals surface area contributed by atoms with Gasteiger partial charge < -0.3 is 24.4 Å². The van der Waals surface area contributed by atoms with E-state index in [1.807, 2.05) is 0 Å². The van der Waals surface area contributed by atoms with E-state index in [-0.39, 0.29) is 30.6 Å². The van der Waals surface area contributed by atoms with Gasteiger partial charge in [-0.05, 0) is 69.3 Å². The fraction of sp³-hybridized carbons (Fsp3) is 0.625. The monoisotopic (exact) mass is 543 g/mol. The van der Waals surface area contributed by atoms with Crippen molar-refractivity contribution in [2.75, 3.05) is 7.11 Å². The number of piperidine rings is 1. The van der Waals surface area contributed by atoms with Gasteiger partial charge in [0, 0.05) is 35.3 Å². The summed E-state index contributed by atoms with van der Waals surface area (Å²) in [4.78, 5) is 42.6. The van der Waals surface area contributed by atoms with Gasteiger partial charge in [0.2, 0.25) is 0 Å². The highest BCUT2D eigenvalue weighted by molar-refractivity contribution is 5.73. The second-order valence-electron chi connectivity index (χ2n) is 10.00. The summed E-state index contributed by atoms with van der Waals surface area (Å²) in [6.07, 6.45) is -6.03. The van der Waals surface area contributed by atoms with Crippen LogP contribution in [-0.2, 0) is 27.0 Å². The van der Waals surface area contributed by atoms with Gasteiger partial charge in [-0.1, -0.05) is 12.0 Å².